The van der Waals surface area contributed by atoms with Crippen LogP contribution in [0.3, 0.4) is 0 Å². The Morgan fingerprint density at radius 3 is 2.69 bits per heavy atom. The fraction of sp³-hybridized carbons (Fsp3) is 0.615. The molecule has 0 aliphatic heterocycles. The Bertz CT molecular complexity index is 280. The van der Waals surface area contributed by atoms with Gasteiger partial charge < -0.3 is 5.32 Å². The third-order valence-electron chi connectivity index (χ3n) is 2.64. The summed E-state index contributed by atoms with van der Waals surface area (Å²) < 4.78 is 0. The van der Waals surface area contributed by atoms with E-state index in [1.54, 1.807) is 0 Å². The Morgan fingerprint density at radius 2 is 2.19 bits per heavy atom. The molecule has 3 heteroatoms. The summed E-state index contributed by atoms with van der Waals surface area (Å²) in [6.07, 6.45) is 5.61. The number of rotatable bonds is 7. The van der Waals surface area contributed by atoms with Crippen molar-refractivity contribution in [1.29, 1.82) is 0 Å². The molecule has 16 heavy (non-hydrogen) atoms. The van der Waals surface area contributed by atoms with Crippen LogP contribution in [0.5, 0.6) is 0 Å². The molecule has 1 rings (SSSR count). The molecule has 1 N–H and O–H groups in total. The maximum Gasteiger partial charge on any atom is 0.0573 e. The van der Waals surface area contributed by atoms with Gasteiger partial charge in [0.15, 0.2) is 0 Å². The minimum Gasteiger partial charge on any atom is -0.312 e. The quantitative estimate of drug-likeness (QED) is 0.580. The summed E-state index contributed by atoms with van der Waals surface area (Å²) in [5.41, 5.74) is 1.14. The summed E-state index contributed by atoms with van der Waals surface area (Å²) >= 11 is 1.90. The maximum absolute atomic E-state index is 4.52. The van der Waals surface area contributed by atoms with Gasteiger partial charge in [0, 0.05) is 17.1 Å². The van der Waals surface area contributed by atoms with Crippen LogP contribution in [0.4, 0.5) is 0 Å². The molecule has 0 aliphatic rings. The molecule has 0 bridgehead atoms. The summed E-state index contributed by atoms with van der Waals surface area (Å²) in [5, 5.41) is 3.27. The second-order valence-electron chi connectivity index (χ2n) is 3.87. The van der Waals surface area contributed by atoms with Crippen LogP contribution >= 0.6 is 11.8 Å². The molecule has 0 aliphatic carbocycles. The maximum atomic E-state index is 4.52. The third kappa shape index (κ3) is 4.14. The molecule has 90 valence electrons. The van der Waals surface area contributed by atoms with Crippen LogP contribution < -0.4 is 5.32 Å². The molecule has 0 saturated heterocycles. The Morgan fingerprint density at radius 1 is 1.38 bits per heavy atom. The van der Waals surface area contributed by atoms with E-state index in [0.29, 0.717) is 6.04 Å². The highest BCUT2D eigenvalue weighted by Crippen LogP contribution is 2.20. The van der Waals surface area contributed by atoms with Crippen molar-refractivity contribution in [2.75, 3.05) is 12.8 Å². The van der Waals surface area contributed by atoms with Crippen molar-refractivity contribution in [1.82, 2.24) is 10.3 Å². The molecule has 1 heterocycles. The molecule has 1 unspecified atom stereocenters. The van der Waals surface area contributed by atoms with Crippen LogP contribution in [0.2, 0.25) is 0 Å². The van der Waals surface area contributed by atoms with Gasteiger partial charge in [-0.05, 0) is 37.8 Å². The molecule has 0 fully saturated rings. The monoisotopic (exact) mass is 238 g/mol. The van der Waals surface area contributed by atoms with Gasteiger partial charge in [0.2, 0.25) is 0 Å². The van der Waals surface area contributed by atoms with E-state index in [-0.39, 0.29) is 0 Å². The molecule has 0 amide bonds. The van der Waals surface area contributed by atoms with Crippen molar-refractivity contribution < 1.29 is 0 Å². The first-order chi connectivity index (χ1) is 7.81. The Hall–Kier alpha value is -0.540. The average Bonchev–Trinajstić information content (AvgIpc) is 2.33. The lowest BCUT2D eigenvalue weighted by Crippen LogP contribution is -2.16. The van der Waals surface area contributed by atoms with E-state index in [2.05, 4.69) is 36.3 Å². The van der Waals surface area contributed by atoms with Gasteiger partial charge in [-0.1, -0.05) is 20.3 Å². The molecule has 1 aromatic heterocycles. The smallest absolute Gasteiger partial charge is 0.0573 e. The number of hydrogen-bond donors (Lipinski definition) is 1. The normalized spacial score (nSPS) is 12.7. The van der Waals surface area contributed by atoms with Gasteiger partial charge in [-0.2, -0.15) is 0 Å². The molecule has 1 aromatic rings. The topological polar surface area (TPSA) is 24.9 Å². The fourth-order valence-electron chi connectivity index (χ4n) is 1.58. The van der Waals surface area contributed by atoms with Crippen molar-refractivity contribution in [3.63, 3.8) is 0 Å². The van der Waals surface area contributed by atoms with Crippen LogP contribution in [0.25, 0.3) is 0 Å². The first kappa shape index (κ1) is 13.5. The van der Waals surface area contributed by atoms with Crippen molar-refractivity contribution >= 4 is 11.8 Å². The number of nitrogens with zero attached hydrogens (tertiary/aromatic N) is 1. The lowest BCUT2D eigenvalue weighted by atomic mass is 10.1. The standard InChI is InChI=1S/C13H22N2S/c1-4-6-9-16-11-7-8-13(15-10-11)12(5-2)14-3/h7-8,10,12,14H,4-6,9H2,1-3H3. The van der Waals surface area contributed by atoms with E-state index in [9.17, 15) is 0 Å². The molecular formula is C13H22N2S. The number of unbranched alkanes of at least 4 members (excludes halogenated alkanes) is 1. The Balaban J connectivity index is 2.53. The lowest BCUT2D eigenvalue weighted by Gasteiger charge is -2.13. The van der Waals surface area contributed by atoms with Gasteiger partial charge in [-0.25, -0.2) is 0 Å². The fourth-order valence-corrected chi connectivity index (χ4v) is 2.54. The summed E-state index contributed by atoms with van der Waals surface area (Å²) in [7, 11) is 1.99. The van der Waals surface area contributed by atoms with Gasteiger partial charge in [0.25, 0.3) is 0 Å². The highest BCUT2D eigenvalue weighted by molar-refractivity contribution is 7.99. The summed E-state index contributed by atoms with van der Waals surface area (Å²) in [5.74, 6) is 1.20. The number of nitrogens with one attached hydrogen (secondary N) is 1. The minimum absolute atomic E-state index is 0.384. The molecule has 1 atom stereocenters. The summed E-state index contributed by atoms with van der Waals surface area (Å²) in [6.45, 7) is 4.40. The highest BCUT2D eigenvalue weighted by Gasteiger charge is 2.07. The van der Waals surface area contributed by atoms with E-state index < -0.39 is 0 Å². The number of thioether (sulfide) groups is 1. The molecule has 0 aromatic carbocycles. The van der Waals surface area contributed by atoms with Gasteiger partial charge in [-0.3, -0.25) is 4.98 Å². The van der Waals surface area contributed by atoms with Gasteiger partial charge in [-0.15, -0.1) is 11.8 Å². The number of aromatic nitrogens is 1. The van der Waals surface area contributed by atoms with Crippen molar-refractivity contribution in [2.24, 2.45) is 0 Å². The summed E-state index contributed by atoms with van der Waals surface area (Å²) in [4.78, 5) is 5.80. The second kappa shape index (κ2) is 7.69. The van der Waals surface area contributed by atoms with Crippen molar-refractivity contribution in [2.45, 2.75) is 44.0 Å². The van der Waals surface area contributed by atoms with Gasteiger partial charge in [0.05, 0.1) is 5.69 Å². The van der Waals surface area contributed by atoms with E-state index in [1.807, 2.05) is 25.0 Å². The first-order valence-electron chi connectivity index (χ1n) is 6.07. The molecule has 0 spiro atoms. The number of hydrogen-bond acceptors (Lipinski definition) is 3. The van der Waals surface area contributed by atoms with Crippen molar-refractivity contribution in [3.05, 3.63) is 24.0 Å². The van der Waals surface area contributed by atoms with Crippen LogP contribution in [-0.2, 0) is 0 Å². The van der Waals surface area contributed by atoms with E-state index in [0.717, 1.165) is 12.1 Å². The molecular weight excluding hydrogens is 216 g/mol. The SMILES string of the molecule is CCCCSc1ccc(C(CC)NC)nc1. The minimum atomic E-state index is 0.384. The zero-order chi connectivity index (χ0) is 11.8. The highest BCUT2D eigenvalue weighted by atomic mass is 32.2. The van der Waals surface area contributed by atoms with E-state index in [4.69, 9.17) is 0 Å². The Labute approximate surface area is 103 Å². The first-order valence-corrected chi connectivity index (χ1v) is 7.06. The van der Waals surface area contributed by atoms with Crippen LogP contribution in [-0.4, -0.2) is 17.8 Å². The van der Waals surface area contributed by atoms with Crippen LogP contribution in [0.15, 0.2) is 23.2 Å². The van der Waals surface area contributed by atoms with Crippen molar-refractivity contribution in [3.8, 4) is 0 Å². The largest absolute Gasteiger partial charge is 0.312 e. The van der Waals surface area contributed by atoms with Crippen LogP contribution in [0.1, 0.15) is 44.8 Å². The number of pyridine rings is 1. The molecule has 0 saturated carbocycles. The van der Waals surface area contributed by atoms with E-state index in [1.165, 1.54) is 23.5 Å². The molecule has 0 radical (unpaired) electrons. The van der Waals surface area contributed by atoms with Gasteiger partial charge >= 0.3 is 0 Å². The summed E-state index contributed by atoms with van der Waals surface area (Å²) in [6, 6.07) is 4.71. The van der Waals surface area contributed by atoms with Crippen LogP contribution in [0, 0.1) is 0 Å². The zero-order valence-electron chi connectivity index (χ0n) is 10.5. The zero-order valence-corrected chi connectivity index (χ0v) is 11.3. The lowest BCUT2D eigenvalue weighted by molar-refractivity contribution is 0.561. The second-order valence-corrected chi connectivity index (χ2v) is 5.04. The van der Waals surface area contributed by atoms with E-state index >= 15 is 0 Å². The third-order valence-corrected chi connectivity index (χ3v) is 3.71. The Kier molecular flexibility index (Phi) is 6.50. The molecule has 2 nitrogen and oxygen atoms in total. The predicted molar refractivity (Wildman–Crippen MR) is 72.0 cm³/mol. The predicted octanol–water partition coefficient (Wildman–Crippen LogP) is 3.64. The van der Waals surface area contributed by atoms with Gasteiger partial charge in [0.1, 0.15) is 0 Å². The average molecular weight is 238 g/mol.